The van der Waals surface area contributed by atoms with Gasteiger partial charge in [0.15, 0.2) is 0 Å². The fourth-order valence-corrected chi connectivity index (χ4v) is 0.436. The molecule has 0 aromatic rings. The van der Waals surface area contributed by atoms with Crippen LogP contribution < -0.4 is 0 Å². The lowest BCUT2D eigenvalue weighted by Crippen LogP contribution is -1.78. The van der Waals surface area contributed by atoms with Gasteiger partial charge in [0.2, 0.25) is 0 Å². The summed E-state index contributed by atoms with van der Waals surface area (Å²) < 4.78 is 0. The van der Waals surface area contributed by atoms with E-state index in [0.717, 1.165) is 0 Å². The van der Waals surface area contributed by atoms with Gasteiger partial charge >= 0.3 is 0 Å². The maximum absolute atomic E-state index is 2.82. The largest absolute Gasteiger partial charge is 0.0652 e. The van der Waals surface area contributed by atoms with E-state index in [1.54, 1.807) is 0 Å². The van der Waals surface area contributed by atoms with Crippen molar-refractivity contribution in [3.05, 3.63) is 29.3 Å². The van der Waals surface area contributed by atoms with E-state index >= 15 is 0 Å². The minimum Gasteiger partial charge on any atom is -0.0652 e. The molecule has 0 atom stereocenters. The molecule has 0 bridgehead atoms. The van der Waals surface area contributed by atoms with Crippen LogP contribution in [-0.4, -0.2) is 0 Å². The Morgan fingerprint density at radius 2 is 1.86 bits per heavy atom. The third-order valence-electron chi connectivity index (χ3n) is 0.837. The first kappa shape index (κ1) is 4.24. The number of hydrogen-bond acceptors (Lipinski definition) is 0. The first-order valence-electron chi connectivity index (χ1n) is 2.32. The molecule has 0 aromatic heterocycles. The molecule has 0 heteroatoms. The molecule has 0 amide bonds. The predicted molar refractivity (Wildman–Crippen MR) is 28.8 cm³/mol. The quantitative estimate of drug-likeness (QED) is 0.397. The van der Waals surface area contributed by atoms with Crippen LogP contribution in [0.1, 0.15) is 6.92 Å². The van der Waals surface area contributed by atoms with Crippen LogP contribution in [0.3, 0.4) is 0 Å². The Balaban J connectivity index is 3.03. The standard InChI is InChI=1S/C7H6/c1-7-5-3-2-4-6-7/h5-7H,1H3. The van der Waals surface area contributed by atoms with E-state index in [4.69, 9.17) is 0 Å². The van der Waals surface area contributed by atoms with E-state index in [-0.39, 0.29) is 0 Å². The number of hydrogen-bond donors (Lipinski definition) is 0. The molecule has 0 spiro atoms. The Labute approximate surface area is 43.2 Å². The molecule has 1 rings (SSSR count). The number of allylic oxidation sites excluding steroid dienone is 2. The summed E-state index contributed by atoms with van der Waals surface area (Å²) in [6, 6.07) is 0. The highest BCUT2D eigenvalue weighted by Crippen LogP contribution is 1.97. The lowest BCUT2D eigenvalue weighted by atomic mass is 10.1. The van der Waals surface area contributed by atoms with Crippen molar-refractivity contribution in [3.63, 3.8) is 0 Å². The fraction of sp³-hybridized carbons (Fsp3) is 0.286. The van der Waals surface area contributed by atoms with Crippen molar-refractivity contribution in [1.29, 1.82) is 0 Å². The average molecular weight is 90.1 g/mol. The van der Waals surface area contributed by atoms with Crippen LogP contribution in [0.15, 0.2) is 29.3 Å². The highest BCUT2D eigenvalue weighted by Gasteiger charge is 1.85. The van der Waals surface area contributed by atoms with Crippen molar-refractivity contribution in [2.75, 3.05) is 0 Å². The predicted octanol–water partition coefficient (Wildman–Crippen LogP) is 1.66. The molecular weight excluding hydrogens is 84.1 g/mol. The molecule has 0 N–H and O–H groups in total. The van der Waals surface area contributed by atoms with Crippen molar-refractivity contribution in [2.45, 2.75) is 6.92 Å². The van der Waals surface area contributed by atoms with E-state index in [0.29, 0.717) is 5.92 Å². The minimum atomic E-state index is 0.501. The second kappa shape index (κ2) is 1.69. The van der Waals surface area contributed by atoms with Crippen molar-refractivity contribution in [3.8, 4) is 0 Å². The maximum atomic E-state index is 2.82. The molecule has 0 heterocycles. The first-order valence-corrected chi connectivity index (χ1v) is 2.32. The SMILES string of the molecule is CC1C=C=C=C=C1. The Hall–Kier alpha value is -0.920. The third kappa shape index (κ3) is 0.961. The molecule has 7 heavy (non-hydrogen) atoms. The molecular formula is C7H6. The minimum absolute atomic E-state index is 0.501. The topological polar surface area (TPSA) is 0 Å². The van der Waals surface area contributed by atoms with Crippen LogP contribution in [0.5, 0.6) is 0 Å². The molecule has 0 radical (unpaired) electrons. The second-order valence-corrected chi connectivity index (χ2v) is 1.61. The molecule has 1 aliphatic rings. The monoisotopic (exact) mass is 90.0 g/mol. The zero-order valence-corrected chi connectivity index (χ0v) is 4.23. The lowest BCUT2D eigenvalue weighted by molar-refractivity contribution is 0.941. The van der Waals surface area contributed by atoms with Crippen LogP contribution in [-0.2, 0) is 0 Å². The second-order valence-electron chi connectivity index (χ2n) is 1.61. The van der Waals surface area contributed by atoms with Crippen LogP contribution >= 0.6 is 0 Å². The van der Waals surface area contributed by atoms with Gasteiger partial charge in [-0.3, -0.25) is 0 Å². The van der Waals surface area contributed by atoms with Gasteiger partial charge in [-0.25, -0.2) is 0 Å². The van der Waals surface area contributed by atoms with Gasteiger partial charge in [-0.2, -0.15) is 0 Å². The van der Waals surface area contributed by atoms with Gasteiger partial charge < -0.3 is 0 Å². The zero-order chi connectivity index (χ0) is 5.11. The summed E-state index contributed by atoms with van der Waals surface area (Å²) >= 11 is 0. The molecule has 0 saturated carbocycles. The number of rotatable bonds is 0. The first-order chi connectivity index (χ1) is 3.39. The lowest BCUT2D eigenvalue weighted by Gasteiger charge is -1.89. The van der Waals surface area contributed by atoms with Crippen molar-refractivity contribution >= 4 is 0 Å². The van der Waals surface area contributed by atoms with Crippen LogP contribution in [0.25, 0.3) is 0 Å². The van der Waals surface area contributed by atoms with Crippen LogP contribution in [0.2, 0.25) is 0 Å². The van der Waals surface area contributed by atoms with Gasteiger partial charge in [-0.1, -0.05) is 18.4 Å². The average Bonchev–Trinajstić information content (AvgIpc) is 1.69. The normalized spacial score (nSPS) is 16.1. The summed E-state index contributed by atoms with van der Waals surface area (Å²) in [5.74, 6) is 0.501. The fourth-order valence-electron chi connectivity index (χ4n) is 0.436. The van der Waals surface area contributed by atoms with Gasteiger partial charge in [-0.05, 0) is 17.9 Å². The smallest absolute Gasteiger partial charge is 0.00833 e. The van der Waals surface area contributed by atoms with Gasteiger partial charge in [-0.15, -0.1) is 0 Å². The van der Waals surface area contributed by atoms with E-state index in [9.17, 15) is 0 Å². The van der Waals surface area contributed by atoms with E-state index < -0.39 is 0 Å². The van der Waals surface area contributed by atoms with Gasteiger partial charge in [0, 0.05) is 5.92 Å². The molecule has 0 fully saturated rings. The summed E-state index contributed by atoms with van der Waals surface area (Å²) in [5, 5.41) is 0. The van der Waals surface area contributed by atoms with Crippen molar-refractivity contribution in [2.24, 2.45) is 5.92 Å². The highest BCUT2D eigenvalue weighted by atomic mass is 13.9. The van der Waals surface area contributed by atoms with E-state index in [2.05, 4.69) is 24.1 Å². The van der Waals surface area contributed by atoms with Gasteiger partial charge in [0.1, 0.15) is 0 Å². The van der Waals surface area contributed by atoms with Gasteiger partial charge in [0.05, 0.1) is 0 Å². The van der Waals surface area contributed by atoms with E-state index in [1.165, 1.54) is 0 Å². The highest BCUT2D eigenvalue weighted by molar-refractivity contribution is 5.02. The maximum Gasteiger partial charge on any atom is 0.00833 e. The Morgan fingerprint density at radius 3 is 2.14 bits per heavy atom. The molecule has 1 aliphatic carbocycles. The van der Waals surface area contributed by atoms with Crippen molar-refractivity contribution < 1.29 is 0 Å². The molecule has 0 unspecified atom stereocenters. The summed E-state index contributed by atoms with van der Waals surface area (Å²) in [6.45, 7) is 2.08. The van der Waals surface area contributed by atoms with Crippen molar-refractivity contribution in [1.82, 2.24) is 0 Å². The Bertz CT molecular complexity index is 162. The molecule has 0 nitrogen and oxygen atoms in total. The Morgan fingerprint density at radius 1 is 1.29 bits per heavy atom. The summed E-state index contributed by atoms with van der Waals surface area (Å²) in [6.07, 6.45) is 3.91. The molecule has 0 aromatic carbocycles. The van der Waals surface area contributed by atoms with Crippen LogP contribution in [0, 0.1) is 5.92 Å². The molecule has 34 valence electrons. The van der Waals surface area contributed by atoms with Gasteiger partial charge in [0.25, 0.3) is 0 Å². The molecule has 0 saturated heterocycles. The third-order valence-corrected chi connectivity index (χ3v) is 0.837. The summed E-state index contributed by atoms with van der Waals surface area (Å²) in [7, 11) is 0. The van der Waals surface area contributed by atoms with Crippen LogP contribution in [0.4, 0.5) is 0 Å². The van der Waals surface area contributed by atoms with E-state index in [1.807, 2.05) is 12.2 Å². The Kier molecular flexibility index (Phi) is 1.02. The summed E-state index contributed by atoms with van der Waals surface area (Å²) in [4.78, 5) is 0. The summed E-state index contributed by atoms with van der Waals surface area (Å²) in [5.41, 5.74) is 8.34. The molecule has 0 aliphatic heterocycles. The zero-order valence-electron chi connectivity index (χ0n) is 4.23.